The predicted molar refractivity (Wildman–Crippen MR) is 144 cm³/mol. The van der Waals surface area contributed by atoms with E-state index in [-0.39, 0.29) is 17.2 Å². The topological polar surface area (TPSA) is 48.0 Å². The number of benzene rings is 2. The van der Waals surface area contributed by atoms with Crippen LogP contribution < -0.4 is 0 Å². The fourth-order valence-corrected chi connectivity index (χ4v) is 5.51. The van der Waals surface area contributed by atoms with Gasteiger partial charge in [-0.25, -0.2) is 4.79 Å². The fourth-order valence-electron chi connectivity index (χ4n) is 4.43. The molecule has 1 heterocycles. The first-order valence-corrected chi connectivity index (χ1v) is 15.7. The zero-order chi connectivity index (χ0) is 25.7. The van der Waals surface area contributed by atoms with Crippen LogP contribution in [0.3, 0.4) is 0 Å². The van der Waals surface area contributed by atoms with Gasteiger partial charge >= 0.3 is 6.09 Å². The minimum absolute atomic E-state index is 0.0604. The van der Waals surface area contributed by atoms with Crippen molar-refractivity contribution in [1.29, 1.82) is 0 Å². The second kappa shape index (κ2) is 11.3. The second-order valence-electron chi connectivity index (χ2n) is 11.2. The first-order chi connectivity index (χ1) is 16.5. The number of methoxy groups -OCH3 is 1. The third kappa shape index (κ3) is 6.54. The Labute approximate surface area is 212 Å². The molecule has 0 saturated carbocycles. The molecule has 0 N–H and O–H groups in total. The van der Waals surface area contributed by atoms with Gasteiger partial charge in [0.15, 0.2) is 8.32 Å². The molecule has 6 heteroatoms. The SMILES string of the molecule is COCc1ccc([C@H](C)N2CC[C@](CCCO[Si](C)(C)C(C)(C)C)(c3ccccc3)OC2=O)cc1. The standard InChI is InChI=1S/C29H43NO4Si/c1-23(25-16-14-24(15-17-25)22-32-5)30-20-19-29(34-27(30)31,26-12-9-8-10-13-26)18-11-21-33-35(6,7)28(2,3)4/h8-10,12-17,23H,11,18-22H2,1-7H3/t23-,29+/m0/s1. The Hall–Kier alpha value is -2.15. The number of hydrogen-bond acceptors (Lipinski definition) is 4. The van der Waals surface area contributed by atoms with Crippen LogP contribution in [0.25, 0.3) is 0 Å². The molecular weight excluding hydrogens is 454 g/mol. The molecule has 1 saturated heterocycles. The van der Waals surface area contributed by atoms with E-state index in [4.69, 9.17) is 13.9 Å². The van der Waals surface area contributed by atoms with E-state index in [9.17, 15) is 4.79 Å². The summed E-state index contributed by atoms with van der Waals surface area (Å²) in [5.41, 5.74) is 2.66. The first-order valence-electron chi connectivity index (χ1n) is 12.8. The number of amides is 1. The largest absolute Gasteiger partial charge is 0.438 e. The molecule has 3 rings (SSSR count). The Bertz CT molecular complexity index is 955. The Kier molecular flexibility index (Phi) is 8.84. The number of nitrogens with zero attached hydrogens (tertiary/aromatic N) is 1. The Balaban J connectivity index is 1.70. The molecule has 2 atom stereocenters. The van der Waals surface area contributed by atoms with Crippen LogP contribution in [0.4, 0.5) is 4.79 Å². The molecule has 0 aromatic heterocycles. The van der Waals surface area contributed by atoms with Crippen LogP contribution in [0.1, 0.15) is 69.7 Å². The zero-order valence-electron chi connectivity index (χ0n) is 22.6. The molecule has 1 aliphatic heterocycles. The Morgan fingerprint density at radius 2 is 1.74 bits per heavy atom. The first kappa shape index (κ1) is 27.4. The molecule has 5 nitrogen and oxygen atoms in total. The number of rotatable bonds is 10. The number of carbonyl (C=O) groups excluding carboxylic acids is 1. The van der Waals surface area contributed by atoms with Gasteiger partial charge in [0.05, 0.1) is 12.6 Å². The Morgan fingerprint density at radius 3 is 2.31 bits per heavy atom. The van der Waals surface area contributed by atoms with Crippen molar-refractivity contribution in [3.8, 4) is 0 Å². The highest BCUT2D eigenvalue weighted by Gasteiger charge is 2.43. The molecule has 1 amide bonds. The van der Waals surface area contributed by atoms with Gasteiger partial charge in [-0.3, -0.25) is 0 Å². The molecule has 0 radical (unpaired) electrons. The summed E-state index contributed by atoms with van der Waals surface area (Å²) in [4.78, 5) is 15.2. The van der Waals surface area contributed by atoms with Gasteiger partial charge in [-0.05, 0) is 54.6 Å². The molecule has 0 unspecified atom stereocenters. The van der Waals surface area contributed by atoms with E-state index in [1.807, 2.05) is 23.1 Å². The number of hydrogen-bond donors (Lipinski definition) is 0. The lowest BCUT2D eigenvalue weighted by atomic mass is 9.84. The van der Waals surface area contributed by atoms with E-state index in [0.717, 1.165) is 36.0 Å². The average Bonchev–Trinajstić information content (AvgIpc) is 2.82. The maximum absolute atomic E-state index is 13.4. The van der Waals surface area contributed by atoms with Gasteiger partial charge in [-0.15, -0.1) is 0 Å². The van der Waals surface area contributed by atoms with Crippen LogP contribution in [0.15, 0.2) is 54.6 Å². The van der Waals surface area contributed by atoms with Crippen LogP contribution in [-0.2, 0) is 26.1 Å². The molecule has 0 bridgehead atoms. The van der Waals surface area contributed by atoms with Crippen molar-refractivity contribution in [3.05, 3.63) is 71.3 Å². The third-order valence-corrected chi connectivity index (χ3v) is 12.3. The van der Waals surface area contributed by atoms with Crippen LogP contribution in [0, 0.1) is 0 Å². The quantitative estimate of drug-likeness (QED) is 0.253. The van der Waals surface area contributed by atoms with Crippen LogP contribution in [0.5, 0.6) is 0 Å². The van der Waals surface area contributed by atoms with E-state index >= 15 is 0 Å². The number of ether oxygens (including phenoxy) is 2. The van der Waals surface area contributed by atoms with Crippen molar-refractivity contribution in [2.45, 2.75) is 83.3 Å². The van der Waals surface area contributed by atoms with Crippen molar-refractivity contribution in [1.82, 2.24) is 4.90 Å². The summed E-state index contributed by atoms with van der Waals surface area (Å²) in [6, 6.07) is 18.4. The van der Waals surface area contributed by atoms with Gasteiger partial charge in [0.1, 0.15) is 5.60 Å². The lowest BCUT2D eigenvalue weighted by molar-refractivity contribution is -0.0678. The Morgan fingerprint density at radius 1 is 1.09 bits per heavy atom. The molecule has 0 spiro atoms. The molecule has 2 aromatic carbocycles. The zero-order valence-corrected chi connectivity index (χ0v) is 23.6. The van der Waals surface area contributed by atoms with Gasteiger partial charge in [0, 0.05) is 26.7 Å². The molecule has 1 fully saturated rings. The molecular formula is C29H43NO4Si. The van der Waals surface area contributed by atoms with E-state index in [0.29, 0.717) is 19.8 Å². The van der Waals surface area contributed by atoms with E-state index < -0.39 is 13.9 Å². The highest BCUT2D eigenvalue weighted by atomic mass is 28.4. The highest BCUT2D eigenvalue weighted by molar-refractivity contribution is 6.74. The van der Waals surface area contributed by atoms with Crippen molar-refractivity contribution in [2.24, 2.45) is 0 Å². The van der Waals surface area contributed by atoms with Gasteiger partial charge < -0.3 is 18.8 Å². The molecule has 2 aromatic rings. The summed E-state index contributed by atoms with van der Waals surface area (Å²) < 4.78 is 17.9. The minimum atomic E-state index is -1.81. The van der Waals surface area contributed by atoms with Crippen molar-refractivity contribution in [3.63, 3.8) is 0 Å². The van der Waals surface area contributed by atoms with Crippen molar-refractivity contribution < 1.29 is 18.7 Å². The van der Waals surface area contributed by atoms with Gasteiger partial charge in [0.2, 0.25) is 0 Å². The van der Waals surface area contributed by atoms with Crippen LogP contribution >= 0.6 is 0 Å². The fraction of sp³-hybridized carbons (Fsp3) is 0.552. The summed E-state index contributed by atoms with van der Waals surface area (Å²) in [5, 5.41) is 0.180. The summed E-state index contributed by atoms with van der Waals surface area (Å²) in [7, 11) is -0.112. The van der Waals surface area contributed by atoms with Crippen LogP contribution in [-0.4, -0.2) is 39.6 Å². The smallest absolute Gasteiger partial charge is 0.411 e. The summed E-state index contributed by atoms with van der Waals surface area (Å²) >= 11 is 0. The predicted octanol–water partition coefficient (Wildman–Crippen LogP) is 7.43. The van der Waals surface area contributed by atoms with E-state index in [1.54, 1.807) is 7.11 Å². The lowest BCUT2D eigenvalue weighted by Gasteiger charge is -2.44. The third-order valence-electron chi connectivity index (χ3n) is 7.81. The van der Waals surface area contributed by atoms with Crippen molar-refractivity contribution >= 4 is 14.4 Å². The van der Waals surface area contributed by atoms with Gasteiger partial charge in [-0.1, -0.05) is 75.4 Å². The van der Waals surface area contributed by atoms with Crippen molar-refractivity contribution in [2.75, 3.05) is 20.3 Å². The van der Waals surface area contributed by atoms with Crippen LogP contribution in [0.2, 0.25) is 18.1 Å². The average molecular weight is 498 g/mol. The second-order valence-corrected chi connectivity index (χ2v) is 16.0. The highest BCUT2D eigenvalue weighted by Crippen LogP contribution is 2.41. The van der Waals surface area contributed by atoms with Gasteiger partial charge in [0.25, 0.3) is 0 Å². The normalized spacial score (nSPS) is 20.0. The molecule has 192 valence electrons. The lowest BCUT2D eigenvalue weighted by Crippen LogP contribution is -2.49. The van der Waals surface area contributed by atoms with Gasteiger partial charge in [-0.2, -0.15) is 0 Å². The van der Waals surface area contributed by atoms with E-state index in [1.165, 1.54) is 0 Å². The minimum Gasteiger partial charge on any atom is -0.438 e. The monoisotopic (exact) mass is 497 g/mol. The number of cyclic esters (lactones) is 1. The molecule has 35 heavy (non-hydrogen) atoms. The molecule has 0 aliphatic carbocycles. The number of carbonyl (C=O) groups is 1. The maximum Gasteiger partial charge on any atom is 0.411 e. The summed E-state index contributed by atoms with van der Waals surface area (Å²) in [5.74, 6) is 0. The van der Waals surface area contributed by atoms with E-state index in [2.05, 4.69) is 77.2 Å². The summed E-state index contributed by atoms with van der Waals surface area (Å²) in [6.45, 7) is 15.3. The maximum atomic E-state index is 13.4. The molecule has 1 aliphatic rings. The summed E-state index contributed by atoms with van der Waals surface area (Å²) in [6.07, 6.45) is 2.12.